The molecule has 1 aromatic carbocycles. The highest BCUT2D eigenvalue weighted by Gasteiger charge is 2.03. The lowest BCUT2D eigenvalue weighted by Gasteiger charge is -2.09. The van der Waals surface area contributed by atoms with Crippen LogP contribution in [0.3, 0.4) is 0 Å². The number of anilines is 1. The Morgan fingerprint density at radius 1 is 0.815 bits per heavy atom. The van der Waals surface area contributed by atoms with E-state index in [-0.39, 0.29) is 5.91 Å². The number of ether oxygens (including phenoxy) is 1. The largest absolute Gasteiger partial charge is 0.494 e. The van der Waals surface area contributed by atoms with Gasteiger partial charge in [-0.05, 0) is 25.0 Å². The van der Waals surface area contributed by atoms with Gasteiger partial charge in [0.25, 0.3) is 0 Å². The molecule has 1 aromatic rings. The Labute approximate surface area is 167 Å². The van der Waals surface area contributed by atoms with Crippen molar-refractivity contribution >= 4 is 11.6 Å². The number of nitrogens with one attached hydrogen (secondary N) is 1. The first-order valence-electron chi connectivity index (χ1n) is 11.3. The number of unbranched alkanes of at least 4 members (excludes halogenated alkanes) is 11. The summed E-state index contributed by atoms with van der Waals surface area (Å²) in [5.41, 5.74) is 0.831. The second-order valence-corrected chi connectivity index (χ2v) is 7.56. The van der Waals surface area contributed by atoms with Crippen molar-refractivity contribution in [2.24, 2.45) is 0 Å². The monoisotopic (exact) mass is 375 g/mol. The van der Waals surface area contributed by atoms with Crippen LogP contribution in [-0.4, -0.2) is 12.5 Å². The zero-order chi connectivity index (χ0) is 19.6. The van der Waals surface area contributed by atoms with Crippen LogP contribution in [0, 0.1) is 0 Å². The van der Waals surface area contributed by atoms with E-state index in [2.05, 4.69) is 19.2 Å². The van der Waals surface area contributed by atoms with Crippen molar-refractivity contribution in [1.29, 1.82) is 0 Å². The van der Waals surface area contributed by atoms with Gasteiger partial charge in [0.2, 0.25) is 5.91 Å². The molecule has 0 aromatic heterocycles. The quantitative estimate of drug-likeness (QED) is 0.286. The smallest absolute Gasteiger partial charge is 0.224 e. The summed E-state index contributed by atoms with van der Waals surface area (Å²) in [7, 11) is 0. The van der Waals surface area contributed by atoms with Crippen molar-refractivity contribution in [3.63, 3.8) is 0 Å². The van der Waals surface area contributed by atoms with Gasteiger partial charge in [0.15, 0.2) is 0 Å². The predicted molar refractivity (Wildman–Crippen MR) is 117 cm³/mol. The van der Waals surface area contributed by atoms with Gasteiger partial charge in [-0.2, -0.15) is 0 Å². The SMILES string of the molecule is CCCCCCCCCCCCCC(=O)Nc1cccc(OCCCC)c1. The van der Waals surface area contributed by atoms with Crippen LogP contribution in [0.2, 0.25) is 0 Å². The van der Waals surface area contributed by atoms with E-state index in [1.54, 1.807) is 0 Å². The van der Waals surface area contributed by atoms with Crippen LogP contribution in [0.1, 0.15) is 104 Å². The molecule has 1 rings (SSSR count). The maximum absolute atomic E-state index is 12.1. The minimum atomic E-state index is 0.108. The average Bonchev–Trinajstić information content (AvgIpc) is 2.66. The Kier molecular flexibility index (Phi) is 14.5. The fourth-order valence-electron chi connectivity index (χ4n) is 3.17. The number of carbonyl (C=O) groups excluding carboxylic acids is 1. The summed E-state index contributed by atoms with van der Waals surface area (Å²) in [6.07, 6.45) is 17.1. The average molecular weight is 376 g/mol. The Hall–Kier alpha value is -1.51. The van der Waals surface area contributed by atoms with Crippen LogP contribution in [0.5, 0.6) is 5.75 Å². The molecular formula is C24H41NO2. The van der Waals surface area contributed by atoms with Gasteiger partial charge in [0.05, 0.1) is 6.61 Å². The zero-order valence-corrected chi connectivity index (χ0v) is 17.7. The lowest BCUT2D eigenvalue weighted by Crippen LogP contribution is -2.11. The number of benzene rings is 1. The first-order chi connectivity index (χ1) is 13.3. The van der Waals surface area contributed by atoms with E-state index < -0.39 is 0 Å². The molecule has 3 heteroatoms. The van der Waals surface area contributed by atoms with Gasteiger partial charge in [0.1, 0.15) is 5.75 Å². The van der Waals surface area contributed by atoms with Crippen LogP contribution in [-0.2, 0) is 4.79 Å². The fourth-order valence-corrected chi connectivity index (χ4v) is 3.17. The summed E-state index contributed by atoms with van der Waals surface area (Å²) in [5, 5.41) is 2.99. The summed E-state index contributed by atoms with van der Waals surface area (Å²) in [5.74, 6) is 0.938. The number of hydrogen-bond donors (Lipinski definition) is 1. The lowest BCUT2D eigenvalue weighted by atomic mass is 10.1. The molecule has 0 aliphatic carbocycles. The number of hydrogen-bond acceptors (Lipinski definition) is 2. The summed E-state index contributed by atoms with van der Waals surface area (Å²) in [6.45, 7) is 5.14. The minimum absolute atomic E-state index is 0.108. The van der Waals surface area contributed by atoms with E-state index in [4.69, 9.17) is 4.74 Å². The van der Waals surface area contributed by atoms with Crippen molar-refractivity contribution in [3.05, 3.63) is 24.3 Å². The van der Waals surface area contributed by atoms with Crippen molar-refractivity contribution in [3.8, 4) is 5.75 Å². The van der Waals surface area contributed by atoms with E-state index in [1.165, 1.54) is 57.8 Å². The molecule has 0 atom stereocenters. The molecule has 1 amide bonds. The van der Waals surface area contributed by atoms with Gasteiger partial charge in [-0.3, -0.25) is 4.79 Å². The highest BCUT2D eigenvalue weighted by molar-refractivity contribution is 5.90. The molecule has 0 fully saturated rings. The van der Waals surface area contributed by atoms with E-state index in [9.17, 15) is 4.79 Å². The second kappa shape index (κ2) is 16.6. The minimum Gasteiger partial charge on any atom is -0.494 e. The lowest BCUT2D eigenvalue weighted by molar-refractivity contribution is -0.116. The van der Waals surface area contributed by atoms with Crippen molar-refractivity contribution < 1.29 is 9.53 Å². The van der Waals surface area contributed by atoms with E-state index in [0.717, 1.165) is 43.7 Å². The molecule has 0 saturated heterocycles. The Bertz CT molecular complexity index is 487. The Morgan fingerprint density at radius 3 is 2.04 bits per heavy atom. The molecule has 1 N–H and O–H groups in total. The molecule has 0 heterocycles. The van der Waals surface area contributed by atoms with Gasteiger partial charge in [-0.25, -0.2) is 0 Å². The molecule has 0 saturated carbocycles. The third-order valence-corrected chi connectivity index (χ3v) is 4.89. The molecule has 154 valence electrons. The molecule has 0 aliphatic heterocycles. The van der Waals surface area contributed by atoms with Crippen LogP contribution in [0.25, 0.3) is 0 Å². The van der Waals surface area contributed by atoms with Crippen LogP contribution < -0.4 is 10.1 Å². The number of amides is 1. The Morgan fingerprint density at radius 2 is 1.41 bits per heavy atom. The predicted octanol–water partition coefficient (Wildman–Crippen LogP) is 7.51. The van der Waals surface area contributed by atoms with Crippen molar-refractivity contribution in [1.82, 2.24) is 0 Å². The molecule has 0 spiro atoms. The Balaban J connectivity index is 2.03. The summed E-state index contributed by atoms with van der Waals surface area (Å²) in [4.78, 5) is 12.1. The molecule has 0 unspecified atom stereocenters. The molecular weight excluding hydrogens is 334 g/mol. The van der Waals surface area contributed by atoms with Gasteiger partial charge >= 0.3 is 0 Å². The maximum atomic E-state index is 12.1. The third kappa shape index (κ3) is 13.3. The maximum Gasteiger partial charge on any atom is 0.224 e. The first kappa shape index (κ1) is 23.5. The van der Waals surface area contributed by atoms with Gasteiger partial charge in [-0.15, -0.1) is 0 Å². The summed E-state index contributed by atoms with van der Waals surface area (Å²) < 4.78 is 5.69. The second-order valence-electron chi connectivity index (χ2n) is 7.56. The highest BCUT2D eigenvalue weighted by atomic mass is 16.5. The fraction of sp³-hybridized carbons (Fsp3) is 0.708. The van der Waals surface area contributed by atoms with Gasteiger partial charge in [0, 0.05) is 18.2 Å². The normalized spacial score (nSPS) is 10.7. The van der Waals surface area contributed by atoms with Crippen LogP contribution >= 0.6 is 0 Å². The topological polar surface area (TPSA) is 38.3 Å². The molecule has 3 nitrogen and oxygen atoms in total. The van der Waals surface area contributed by atoms with E-state index in [0.29, 0.717) is 6.42 Å². The molecule has 0 radical (unpaired) electrons. The first-order valence-corrected chi connectivity index (χ1v) is 11.3. The van der Waals surface area contributed by atoms with Crippen molar-refractivity contribution in [2.45, 2.75) is 104 Å². The molecule has 0 aliphatic rings. The van der Waals surface area contributed by atoms with Gasteiger partial charge in [-0.1, -0.05) is 90.5 Å². The zero-order valence-electron chi connectivity index (χ0n) is 17.7. The van der Waals surface area contributed by atoms with Crippen LogP contribution in [0.15, 0.2) is 24.3 Å². The summed E-state index contributed by atoms with van der Waals surface area (Å²) in [6, 6.07) is 7.70. The van der Waals surface area contributed by atoms with Gasteiger partial charge < -0.3 is 10.1 Å². The van der Waals surface area contributed by atoms with Crippen molar-refractivity contribution in [2.75, 3.05) is 11.9 Å². The third-order valence-electron chi connectivity index (χ3n) is 4.89. The number of carbonyl (C=O) groups is 1. The standard InChI is InChI=1S/C24H41NO2/c1-3-5-7-8-9-10-11-12-13-14-15-19-24(26)25-22-17-16-18-23(21-22)27-20-6-4-2/h16-18,21H,3-15,19-20H2,1-2H3,(H,25,26). The van der Waals surface area contributed by atoms with E-state index >= 15 is 0 Å². The molecule has 27 heavy (non-hydrogen) atoms. The molecule has 0 bridgehead atoms. The number of rotatable bonds is 17. The van der Waals surface area contributed by atoms with E-state index in [1.807, 2.05) is 24.3 Å². The summed E-state index contributed by atoms with van der Waals surface area (Å²) >= 11 is 0. The van der Waals surface area contributed by atoms with Crippen LogP contribution in [0.4, 0.5) is 5.69 Å². The highest BCUT2D eigenvalue weighted by Crippen LogP contribution is 2.18.